The van der Waals surface area contributed by atoms with Gasteiger partial charge in [0, 0.05) is 43.0 Å². The zero-order valence-electron chi connectivity index (χ0n) is 20.2. The van der Waals surface area contributed by atoms with Gasteiger partial charge in [0.25, 0.3) is 5.69 Å². The summed E-state index contributed by atoms with van der Waals surface area (Å²) in [6, 6.07) is 9.44. The first-order valence-corrected chi connectivity index (χ1v) is 11.2. The molecule has 0 fully saturated rings. The minimum absolute atomic E-state index is 0.00997. The summed E-state index contributed by atoms with van der Waals surface area (Å²) in [5.74, 6) is -2.26. The number of dihydropyridines is 1. The van der Waals surface area contributed by atoms with E-state index in [-0.39, 0.29) is 36.7 Å². The van der Waals surface area contributed by atoms with E-state index >= 15 is 0 Å². The number of methoxy groups -OCH3 is 1. The number of non-ortho nitro benzene ring substituents is 1. The molecule has 0 saturated carbocycles. The lowest BCUT2D eigenvalue weighted by Gasteiger charge is -2.30. The zero-order chi connectivity index (χ0) is 26.1. The monoisotopic (exact) mass is 493 g/mol. The maximum atomic E-state index is 13.3. The number of hydrogen-bond donors (Lipinski definition) is 1. The first kappa shape index (κ1) is 26.3. The molecule has 36 heavy (non-hydrogen) atoms. The fourth-order valence-corrected chi connectivity index (χ4v) is 3.84. The normalized spacial score (nSPS) is 15.6. The zero-order valence-corrected chi connectivity index (χ0v) is 20.2. The molecule has 1 aromatic carbocycles. The van der Waals surface area contributed by atoms with Gasteiger partial charge in [-0.15, -0.1) is 0 Å². The third kappa shape index (κ3) is 6.42. The molecule has 1 aliphatic heterocycles. The predicted molar refractivity (Wildman–Crippen MR) is 131 cm³/mol. The van der Waals surface area contributed by atoms with Crippen LogP contribution in [0.2, 0.25) is 0 Å². The molecule has 0 radical (unpaired) electrons. The third-order valence-corrected chi connectivity index (χ3v) is 5.46. The molecule has 2 aromatic rings. The number of carbonyl (C=O) groups is 2. The van der Waals surface area contributed by atoms with Gasteiger partial charge in [-0.1, -0.05) is 18.2 Å². The first-order valence-electron chi connectivity index (χ1n) is 11.2. The van der Waals surface area contributed by atoms with Crippen molar-refractivity contribution in [1.29, 1.82) is 0 Å². The molecule has 10 nitrogen and oxygen atoms in total. The summed E-state index contributed by atoms with van der Waals surface area (Å²) in [5.41, 5.74) is 2.39. The number of nitro benzene ring substituents is 1. The Hall–Kier alpha value is -4.31. The Morgan fingerprint density at radius 2 is 1.72 bits per heavy atom. The SMILES string of the molecule is COCCOC(=O)C1=C(C)NC(C)=C(C(=O)OC/C=C/c2ccncc2)C1c1cccc([N+](=O)[O-])c1. The van der Waals surface area contributed by atoms with Crippen molar-refractivity contribution in [2.75, 3.05) is 26.9 Å². The Labute approximate surface area is 208 Å². The molecule has 1 N–H and O–H groups in total. The summed E-state index contributed by atoms with van der Waals surface area (Å²) in [4.78, 5) is 41.2. The number of nitrogens with zero attached hydrogens (tertiary/aromatic N) is 2. The van der Waals surface area contributed by atoms with Gasteiger partial charge in [-0.05, 0) is 43.2 Å². The van der Waals surface area contributed by atoms with Crippen LogP contribution in [-0.2, 0) is 23.8 Å². The van der Waals surface area contributed by atoms with E-state index in [0.717, 1.165) is 5.56 Å². The van der Waals surface area contributed by atoms with Crippen molar-refractivity contribution in [3.05, 3.63) is 98.6 Å². The number of benzene rings is 1. The predicted octanol–water partition coefficient (Wildman–Crippen LogP) is 3.67. The fourth-order valence-electron chi connectivity index (χ4n) is 3.84. The van der Waals surface area contributed by atoms with Crippen LogP contribution in [0.3, 0.4) is 0 Å². The minimum atomic E-state index is -0.933. The van der Waals surface area contributed by atoms with E-state index in [1.54, 1.807) is 44.5 Å². The molecule has 1 atom stereocenters. The molecule has 0 aliphatic carbocycles. The Morgan fingerprint density at radius 1 is 1.06 bits per heavy atom. The number of rotatable bonds is 10. The summed E-state index contributed by atoms with van der Waals surface area (Å²) in [6.45, 7) is 3.55. The molecule has 10 heteroatoms. The summed E-state index contributed by atoms with van der Waals surface area (Å²) in [6.07, 6.45) is 6.77. The number of ether oxygens (including phenoxy) is 3. The van der Waals surface area contributed by atoms with Gasteiger partial charge in [-0.25, -0.2) is 9.59 Å². The molecule has 188 valence electrons. The van der Waals surface area contributed by atoms with Crippen LogP contribution in [0.5, 0.6) is 0 Å². The van der Waals surface area contributed by atoms with Crippen molar-refractivity contribution in [2.24, 2.45) is 0 Å². The van der Waals surface area contributed by atoms with Crippen LogP contribution in [0.1, 0.15) is 30.9 Å². The van der Waals surface area contributed by atoms with Crippen LogP contribution < -0.4 is 5.32 Å². The number of allylic oxidation sites excluding steroid dienone is 2. The number of carbonyl (C=O) groups excluding carboxylic acids is 2. The largest absolute Gasteiger partial charge is 0.460 e. The van der Waals surface area contributed by atoms with Crippen LogP contribution >= 0.6 is 0 Å². The summed E-state index contributed by atoms with van der Waals surface area (Å²) < 4.78 is 15.8. The van der Waals surface area contributed by atoms with E-state index in [1.165, 1.54) is 25.3 Å². The smallest absolute Gasteiger partial charge is 0.337 e. The lowest BCUT2D eigenvalue weighted by molar-refractivity contribution is -0.384. The average molecular weight is 494 g/mol. The second-order valence-corrected chi connectivity index (χ2v) is 7.90. The van der Waals surface area contributed by atoms with Gasteiger partial charge >= 0.3 is 11.9 Å². The Morgan fingerprint density at radius 3 is 2.36 bits per heavy atom. The van der Waals surface area contributed by atoms with E-state index in [9.17, 15) is 19.7 Å². The van der Waals surface area contributed by atoms with Gasteiger partial charge in [0.2, 0.25) is 0 Å². The molecule has 0 saturated heterocycles. The average Bonchev–Trinajstić information content (AvgIpc) is 2.86. The Balaban J connectivity index is 1.94. The molecule has 1 aromatic heterocycles. The van der Waals surface area contributed by atoms with Gasteiger partial charge in [0.05, 0.1) is 28.6 Å². The highest BCUT2D eigenvalue weighted by atomic mass is 16.6. The Kier molecular flexibility index (Phi) is 9.07. The van der Waals surface area contributed by atoms with Crippen LogP contribution in [-0.4, -0.2) is 48.8 Å². The van der Waals surface area contributed by atoms with E-state index in [0.29, 0.717) is 17.0 Å². The van der Waals surface area contributed by atoms with E-state index in [2.05, 4.69) is 10.3 Å². The van der Waals surface area contributed by atoms with E-state index < -0.39 is 22.8 Å². The molecule has 1 aliphatic rings. The summed E-state index contributed by atoms with van der Waals surface area (Å²) in [7, 11) is 1.48. The maximum Gasteiger partial charge on any atom is 0.337 e. The van der Waals surface area contributed by atoms with E-state index in [1.807, 2.05) is 12.1 Å². The second kappa shape index (κ2) is 12.4. The van der Waals surface area contributed by atoms with Gasteiger partial charge < -0.3 is 19.5 Å². The Bertz CT molecular complexity index is 1220. The molecule has 2 heterocycles. The lowest BCUT2D eigenvalue weighted by atomic mass is 9.80. The number of esters is 2. The highest BCUT2D eigenvalue weighted by Gasteiger charge is 2.38. The van der Waals surface area contributed by atoms with Gasteiger partial charge in [-0.3, -0.25) is 15.1 Å². The number of nitro groups is 1. The minimum Gasteiger partial charge on any atom is -0.460 e. The second-order valence-electron chi connectivity index (χ2n) is 7.90. The van der Waals surface area contributed by atoms with Gasteiger partial charge in [0.15, 0.2) is 0 Å². The van der Waals surface area contributed by atoms with Crippen LogP contribution in [0.25, 0.3) is 6.08 Å². The highest BCUT2D eigenvalue weighted by Crippen LogP contribution is 2.40. The van der Waals surface area contributed by atoms with Crippen LogP contribution in [0.15, 0.2) is 77.4 Å². The third-order valence-electron chi connectivity index (χ3n) is 5.46. The fraction of sp³-hybridized carbons (Fsp3) is 0.269. The number of hydrogen-bond acceptors (Lipinski definition) is 9. The molecular formula is C26H27N3O7. The molecule has 3 rings (SSSR count). The molecule has 0 spiro atoms. The number of aromatic nitrogens is 1. The summed E-state index contributed by atoms with van der Waals surface area (Å²) >= 11 is 0. The van der Waals surface area contributed by atoms with Crippen molar-refractivity contribution in [2.45, 2.75) is 19.8 Å². The molecular weight excluding hydrogens is 466 g/mol. The first-order chi connectivity index (χ1) is 17.3. The van der Waals surface area contributed by atoms with Crippen LogP contribution in [0.4, 0.5) is 5.69 Å². The molecule has 0 amide bonds. The quantitative estimate of drug-likeness (QED) is 0.228. The number of nitrogens with one attached hydrogen (secondary N) is 1. The van der Waals surface area contributed by atoms with Gasteiger partial charge in [-0.2, -0.15) is 0 Å². The van der Waals surface area contributed by atoms with Crippen molar-refractivity contribution in [3.63, 3.8) is 0 Å². The standard InChI is InChI=1S/C26H27N3O7/c1-17-22(25(30)35-13-5-6-19-9-11-27-12-10-19)24(20-7-4-8-21(16-20)29(32)33)23(18(2)28-17)26(31)36-15-14-34-3/h4-12,16,24,28H,13-15H2,1-3H3/b6-5+. The molecule has 0 bridgehead atoms. The topological polar surface area (TPSA) is 130 Å². The van der Waals surface area contributed by atoms with Crippen molar-refractivity contribution in [1.82, 2.24) is 10.3 Å². The summed E-state index contributed by atoms with van der Waals surface area (Å²) in [5, 5.41) is 14.5. The van der Waals surface area contributed by atoms with Crippen molar-refractivity contribution >= 4 is 23.7 Å². The lowest BCUT2D eigenvalue weighted by Crippen LogP contribution is -2.32. The van der Waals surface area contributed by atoms with Crippen LogP contribution in [0, 0.1) is 10.1 Å². The van der Waals surface area contributed by atoms with Crippen molar-refractivity contribution < 1.29 is 28.7 Å². The van der Waals surface area contributed by atoms with Crippen molar-refractivity contribution in [3.8, 4) is 0 Å². The maximum absolute atomic E-state index is 13.3. The van der Waals surface area contributed by atoms with Gasteiger partial charge in [0.1, 0.15) is 13.2 Å². The number of pyridine rings is 1. The van der Waals surface area contributed by atoms with E-state index in [4.69, 9.17) is 14.2 Å². The highest BCUT2D eigenvalue weighted by molar-refractivity contribution is 6.00. The molecule has 1 unspecified atom stereocenters.